The molecule has 0 saturated carbocycles. The second-order valence-electron chi connectivity index (χ2n) is 7.88. The van der Waals surface area contributed by atoms with E-state index >= 15 is 0 Å². The minimum atomic E-state index is -3.85. The number of amides is 2. The smallest absolute Gasteiger partial charge is 0.318 e. The Morgan fingerprint density at radius 1 is 1.45 bits per heavy atom. The molecule has 1 fully saturated rings. The van der Waals surface area contributed by atoms with Crippen molar-refractivity contribution in [1.29, 1.82) is 0 Å². The number of hydroxylamine groups is 1. The molecule has 2 unspecified atom stereocenters. The lowest BCUT2D eigenvalue weighted by atomic mass is 10.1. The van der Waals surface area contributed by atoms with Gasteiger partial charge in [-0.25, -0.2) is 23.1 Å². The predicted octanol–water partition coefficient (Wildman–Crippen LogP) is 0.0271. The zero-order valence-electron chi connectivity index (χ0n) is 17.2. The van der Waals surface area contributed by atoms with Gasteiger partial charge in [0.15, 0.2) is 20.3 Å². The Bertz CT molecular complexity index is 1130. The van der Waals surface area contributed by atoms with Crippen LogP contribution in [0.15, 0.2) is 12.3 Å². The van der Waals surface area contributed by atoms with E-state index in [2.05, 4.69) is 29.0 Å². The molecule has 0 spiro atoms. The molecule has 2 atom stereocenters. The molecule has 166 valence electrons. The first-order chi connectivity index (χ1) is 14.5. The molecule has 0 aromatic carbocycles. The number of hydrogen-bond acceptors (Lipinski definition) is 6. The Balaban J connectivity index is 1.66. The number of carbonyl (C=O) groups excluding carboxylic acids is 2. The normalized spacial score (nSPS) is 22.1. The second-order valence-corrected chi connectivity index (χ2v) is 10.3. The molecule has 1 aromatic heterocycles. The van der Waals surface area contributed by atoms with Gasteiger partial charge in [0, 0.05) is 43.2 Å². The van der Waals surface area contributed by atoms with Crippen LogP contribution in [0.2, 0.25) is 0 Å². The van der Waals surface area contributed by atoms with Gasteiger partial charge in [-0.15, -0.1) is 0 Å². The summed E-state index contributed by atoms with van der Waals surface area (Å²) in [5.41, 5.74) is 1.03. The minimum Gasteiger partial charge on any atom is -0.318 e. The zero-order chi connectivity index (χ0) is 22.9. The highest BCUT2D eigenvalue weighted by Gasteiger charge is 2.44. The van der Waals surface area contributed by atoms with E-state index in [4.69, 9.17) is 5.21 Å². The average Bonchev–Trinajstić information content (AvgIpc) is 3.39. The quantitative estimate of drug-likeness (QED) is 0.331. The summed E-state index contributed by atoms with van der Waals surface area (Å²) in [6.07, 6.45) is 2.58. The van der Waals surface area contributed by atoms with Crippen molar-refractivity contribution in [3.63, 3.8) is 0 Å². The third-order valence-electron chi connectivity index (χ3n) is 5.65. The molecule has 3 heterocycles. The van der Waals surface area contributed by atoms with Gasteiger partial charge in [-0.1, -0.05) is 5.92 Å². The third kappa shape index (κ3) is 4.59. The summed E-state index contributed by atoms with van der Waals surface area (Å²) < 4.78 is 37.7. The molecular formula is C20H23FN4O5S. The number of sulfone groups is 1. The van der Waals surface area contributed by atoms with Crippen molar-refractivity contribution in [2.75, 3.05) is 25.9 Å². The number of carbonyl (C=O) groups is 2. The van der Waals surface area contributed by atoms with Crippen LogP contribution < -0.4 is 10.8 Å². The van der Waals surface area contributed by atoms with Gasteiger partial charge in [-0.2, -0.15) is 0 Å². The SMILES string of the molecule is CC(CCN1Cc2cc(C#CC#CC3(F)CCNC3)cn2C1=O)(C(=O)NO)S(C)(=O)=O. The van der Waals surface area contributed by atoms with Gasteiger partial charge in [0.05, 0.1) is 6.54 Å². The molecule has 1 saturated heterocycles. The summed E-state index contributed by atoms with van der Waals surface area (Å²) in [6, 6.07) is 1.32. The Morgan fingerprint density at radius 2 is 2.19 bits per heavy atom. The van der Waals surface area contributed by atoms with Crippen LogP contribution in [-0.2, 0) is 21.2 Å². The van der Waals surface area contributed by atoms with Crippen LogP contribution in [0.3, 0.4) is 0 Å². The van der Waals surface area contributed by atoms with Crippen molar-refractivity contribution in [2.24, 2.45) is 0 Å². The van der Waals surface area contributed by atoms with Gasteiger partial charge in [0.1, 0.15) is 0 Å². The summed E-state index contributed by atoms with van der Waals surface area (Å²) in [6.45, 7) is 2.18. The summed E-state index contributed by atoms with van der Waals surface area (Å²) >= 11 is 0. The van der Waals surface area contributed by atoms with E-state index in [0.717, 1.165) is 6.26 Å². The summed E-state index contributed by atoms with van der Waals surface area (Å²) in [7, 11) is -3.85. The Hall–Kier alpha value is -2.86. The molecule has 0 aliphatic carbocycles. The van der Waals surface area contributed by atoms with E-state index in [-0.39, 0.29) is 32.1 Å². The lowest BCUT2D eigenvalue weighted by Gasteiger charge is -2.27. The standard InChI is InChI=1S/C20H23FN4O5S/c1-19(17(26)23-28,31(2,29)30)8-10-24-13-16-11-15(12-25(16)18(24)27)5-3-4-6-20(21)7-9-22-14-20/h11-12,22,28H,7-10,13-14H2,1-2H3,(H,23,26). The summed E-state index contributed by atoms with van der Waals surface area (Å²) in [4.78, 5) is 25.9. The first-order valence-electron chi connectivity index (χ1n) is 9.57. The fraction of sp³-hybridized carbons (Fsp3) is 0.500. The van der Waals surface area contributed by atoms with Gasteiger partial charge < -0.3 is 10.2 Å². The van der Waals surface area contributed by atoms with Crippen LogP contribution in [-0.4, -0.2) is 71.3 Å². The second kappa shape index (κ2) is 8.35. The molecule has 3 N–H and O–H groups in total. The number of halogens is 1. The Morgan fingerprint density at radius 3 is 2.77 bits per heavy atom. The zero-order valence-corrected chi connectivity index (χ0v) is 18.0. The summed E-state index contributed by atoms with van der Waals surface area (Å²) in [5, 5.41) is 11.8. The van der Waals surface area contributed by atoms with E-state index < -0.39 is 26.2 Å². The first-order valence-corrected chi connectivity index (χ1v) is 11.5. The van der Waals surface area contributed by atoms with E-state index in [9.17, 15) is 22.4 Å². The Labute approximate surface area is 179 Å². The maximum Gasteiger partial charge on any atom is 0.328 e. The molecule has 1 aromatic rings. The van der Waals surface area contributed by atoms with E-state index in [1.165, 1.54) is 28.1 Å². The van der Waals surface area contributed by atoms with Crippen molar-refractivity contribution in [1.82, 2.24) is 20.3 Å². The van der Waals surface area contributed by atoms with Crippen molar-refractivity contribution >= 4 is 21.8 Å². The molecular weight excluding hydrogens is 427 g/mol. The summed E-state index contributed by atoms with van der Waals surface area (Å²) in [5.74, 6) is 9.37. The van der Waals surface area contributed by atoms with Crippen molar-refractivity contribution in [2.45, 2.75) is 36.7 Å². The molecule has 2 aliphatic rings. The highest BCUT2D eigenvalue weighted by molar-refractivity contribution is 7.92. The monoisotopic (exact) mass is 450 g/mol. The van der Waals surface area contributed by atoms with Gasteiger partial charge >= 0.3 is 6.03 Å². The largest absolute Gasteiger partial charge is 0.328 e. The first kappa shape index (κ1) is 22.8. The van der Waals surface area contributed by atoms with Crippen LogP contribution in [0.1, 0.15) is 31.0 Å². The number of nitrogens with zero attached hydrogens (tertiary/aromatic N) is 2. The highest BCUT2D eigenvalue weighted by atomic mass is 32.2. The topological polar surface area (TPSA) is 121 Å². The maximum atomic E-state index is 14.1. The molecule has 3 rings (SSSR count). The number of nitrogens with one attached hydrogen (secondary N) is 2. The van der Waals surface area contributed by atoms with Crippen LogP contribution in [0.4, 0.5) is 9.18 Å². The molecule has 9 nitrogen and oxygen atoms in total. The van der Waals surface area contributed by atoms with E-state index in [0.29, 0.717) is 24.2 Å². The fourth-order valence-corrected chi connectivity index (χ4v) is 4.26. The lowest BCUT2D eigenvalue weighted by Crippen LogP contribution is -2.50. The van der Waals surface area contributed by atoms with Crippen molar-refractivity contribution < 1.29 is 27.6 Å². The predicted molar refractivity (Wildman–Crippen MR) is 109 cm³/mol. The average molecular weight is 450 g/mol. The highest BCUT2D eigenvalue weighted by Crippen LogP contribution is 2.25. The van der Waals surface area contributed by atoms with Crippen LogP contribution in [0.25, 0.3) is 0 Å². The molecule has 11 heteroatoms. The van der Waals surface area contributed by atoms with Crippen molar-refractivity contribution in [3.8, 4) is 23.7 Å². The van der Waals surface area contributed by atoms with E-state index in [1.807, 2.05) is 0 Å². The van der Waals surface area contributed by atoms with Crippen LogP contribution in [0.5, 0.6) is 0 Å². The van der Waals surface area contributed by atoms with Gasteiger partial charge in [-0.3, -0.25) is 14.6 Å². The molecule has 2 aliphatic heterocycles. The van der Waals surface area contributed by atoms with Crippen molar-refractivity contribution in [3.05, 3.63) is 23.5 Å². The number of aromatic nitrogens is 1. The van der Waals surface area contributed by atoms with Crippen LogP contribution >= 0.6 is 0 Å². The number of rotatable bonds is 5. The molecule has 31 heavy (non-hydrogen) atoms. The number of fused-ring (bicyclic) bond motifs is 1. The molecule has 0 radical (unpaired) electrons. The third-order valence-corrected chi connectivity index (χ3v) is 7.67. The number of alkyl halides is 1. The Kier molecular flexibility index (Phi) is 6.14. The fourth-order valence-electron chi connectivity index (χ4n) is 3.42. The van der Waals surface area contributed by atoms with Gasteiger partial charge in [-0.05, 0) is 43.7 Å². The van der Waals surface area contributed by atoms with Gasteiger partial charge in [0.25, 0.3) is 5.91 Å². The molecule has 0 bridgehead atoms. The van der Waals surface area contributed by atoms with Gasteiger partial charge in [0.2, 0.25) is 0 Å². The minimum absolute atomic E-state index is 0.00336. The molecule has 2 amide bonds. The number of hydrogen-bond donors (Lipinski definition) is 3. The van der Waals surface area contributed by atoms with E-state index in [1.54, 1.807) is 6.07 Å². The van der Waals surface area contributed by atoms with Crippen LogP contribution in [0, 0.1) is 23.7 Å². The lowest BCUT2D eigenvalue weighted by molar-refractivity contribution is -0.131. The maximum absolute atomic E-state index is 14.1.